The molecule has 0 radical (unpaired) electrons. The molecule has 0 unspecified atom stereocenters. The molecule has 1 aliphatic rings. The zero-order valence-electron chi connectivity index (χ0n) is 13.0. The molecule has 1 aliphatic heterocycles. The molecular formula is C17H17ClN4O2. The maximum Gasteiger partial charge on any atom is 0.272 e. The number of rotatable bonds is 4. The first-order valence-electron chi connectivity index (χ1n) is 7.63. The number of carbonyl (C=O) groups excluding carboxylic acids is 2. The van der Waals surface area contributed by atoms with Gasteiger partial charge in [0.25, 0.3) is 5.91 Å². The SMILES string of the molecule is O=CN1CCN(C(=O)c2ccc(Nc3ccccc3Cl)cn2)CC1. The normalized spacial score (nSPS) is 14.4. The molecule has 0 saturated carbocycles. The molecule has 1 aromatic heterocycles. The van der Waals surface area contributed by atoms with Crippen LogP contribution in [0.4, 0.5) is 11.4 Å². The maximum absolute atomic E-state index is 12.4. The van der Waals surface area contributed by atoms with E-state index in [1.807, 2.05) is 18.2 Å². The monoisotopic (exact) mass is 344 g/mol. The molecule has 6 nitrogen and oxygen atoms in total. The van der Waals surface area contributed by atoms with Gasteiger partial charge in [0.15, 0.2) is 0 Å². The van der Waals surface area contributed by atoms with Crippen LogP contribution in [0.3, 0.4) is 0 Å². The molecule has 24 heavy (non-hydrogen) atoms. The molecule has 2 heterocycles. The van der Waals surface area contributed by atoms with Crippen LogP contribution >= 0.6 is 11.6 Å². The topological polar surface area (TPSA) is 65.5 Å². The first kappa shape index (κ1) is 16.3. The molecule has 1 fully saturated rings. The van der Waals surface area contributed by atoms with Gasteiger partial charge in [0.2, 0.25) is 6.41 Å². The second-order valence-corrected chi connectivity index (χ2v) is 5.88. The highest BCUT2D eigenvalue weighted by Gasteiger charge is 2.22. The Labute approximate surface area is 145 Å². The Morgan fingerprint density at radius 2 is 1.88 bits per heavy atom. The van der Waals surface area contributed by atoms with E-state index < -0.39 is 0 Å². The number of nitrogens with one attached hydrogen (secondary N) is 1. The molecule has 3 rings (SSSR count). The smallest absolute Gasteiger partial charge is 0.272 e. The first-order valence-corrected chi connectivity index (χ1v) is 8.01. The van der Waals surface area contributed by atoms with Crippen molar-refractivity contribution in [1.29, 1.82) is 0 Å². The number of halogens is 1. The summed E-state index contributed by atoms with van der Waals surface area (Å²) in [6.07, 6.45) is 2.42. The lowest BCUT2D eigenvalue weighted by Gasteiger charge is -2.32. The third kappa shape index (κ3) is 3.65. The zero-order valence-corrected chi connectivity index (χ0v) is 13.7. The maximum atomic E-state index is 12.4. The van der Waals surface area contributed by atoms with Crippen LogP contribution in [-0.4, -0.2) is 53.3 Å². The third-order valence-corrected chi connectivity index (χ3v) is 4.22. The zero-order chi connectivity index (χ0) is 16.9. The summed E-state index contributed by atoms with van der Waals surface area (Å²) in [4.78, 5) is 30.8. The van der Waals surface area contributed by atoms with Crippen LogP contribution in [0.5, 0.6) is 0 Å². The quantitative estimate of drug-likeness (QED) is 0.865. The molecule has 0 bridgehead atoms. The fourth-order valence-corrected chi connectivity index (χ4v) is 2.69. The molecule has 2 amide bonds. The van der Waals surface area contributed by atoms with Crippen LogP contribution < -0.4 is 5.32 Å². The molecule has 0 aliphatic carbocycles. The summed E-state index contributed by atoms with van der Waals surface area (Å²) in [7, 11) is 0. The van der Waals surface area contributed by atoms with Crippen molar-refractivity contribution in [2.45, 2.75) is 0 Å². The highest BCUT2D eigenvalue weighted by Crippen LogP contribution is 2.24. The van der Waals surface area contributed by atoms with Gasteiger partial charge < -0.3 is 15.1 Å². The number of benzene rings is 1. The van der Waals surface area contributed by atoms with Gasteiger partial charge in [0.05, 0.1) is 22.6 Å². The summed E-state index contributed by atoms with van der Waals surface area (Å²) in [5, 5.41) is 3.78. The predicted octanol–water partition coefficient (Wildman–Crippen LogP) is 2.39. The number of pyridine rings is 1. The van der Waals surface area contributed by atoms with E-state index in [0.29, 0.717) is 36.9 Å². The van der Waals surface area contributed by atoms with Crippen molar-refractivity contribution in [1.82, 2.24) is 14.8 Å². The molecular weight excluding hydrogens is 328 g/mol. The number of aromatic nitrogens is 1. The van der Waals surface area contributed by atoms with E-state index in [1.165, 1.54) is 0 Å². The van der Waals surface area contributed by atoms with Crippen molar-refractivity contribution in [3.8, 4) is 0 Å². The minimum absolute atomic E-state index is 0.121. The van der Waals surface area contributed by atoms with Crippen molar-refractivity contribution in [2.24, 2.45) is 0 Å². The second-order valence-electron chi connectivity index (χ2n) is 5.47. The van der Waals surface area contributed by atoms with Gasteiger partial charge in [0, 0.05) is 26.2 Å². The number of amides is 2. The van der Waals surface area contributed by atoms with Crippen molar-refractivity contribution in [3.63, 3.8) is 0 Å². The van der Waals surface area contributed by atoms with Gasteiger partial charge in [0.1, 0.15) is 5.69 Å². The van der Waals surface area contributed by atoms with E-state index in [1.54, 1.807) is 34.2 Å². The first-order chi connectivity index (χ1) is 11.7. The Morgan fingerprint density at radius 3 is 2.50 bits per heavy atom. The lowest BCUT2D eigenvalue weighted by atomic mass is 10.2. The fourth-order valence-electron chi connectivity index (χ4n) is 2.50. The summed E-state index contributed by atoms with van der Waals surface area (Å²) >= 11 is 6.11. The number of carbonyl (C=O) groups is 2. The van der Waals surface area contributed by atoms with Crippen LogP contribution in [0.15, 0.2) is 42.6 Å². The Bertz CT molecular complexity index is 728. The highest BCUT2D eigenvalue weighted by atomic mass is 35.5. The van der Waals surface area contributed by atoms with E-state index in [9.17, 15) is 9.59 Å². The predicted molar refractivity (Wildman–Crippen MR) is 92.5 cm³/mol. The summed E-state index contributed by atoms with van der Waals surface area (Å²) in [6, 6.07) is 10.9. The lowest BCUT2D eigenvalue weighted by molar-refractivity contribution is -0.119. The molecule has 1 aromatic carbocycles. The fraction of sp³-hybridized carbons (Fsp3) is 0.235. The summed E-state index contributed by atoms with van der Waals surface area (Å²) < 4.78 is 0. The second kappa shape index (κ2) is 7.31. The van der Waals surface area contributed by atoms with E-state index in [4.69, 9.17) is 11.6 Å². The van der Waals surface area contributed by atoms with E-state index in [-0.39, 0.29) is 5.91 Å². The molecule has 1 N–H and O–H groups in total. The molecule has 0 spiro atoms. The number of hydrogen-bond acceptors (Lipinski definition) is 4. The Hall–Kier alpha value is -2.60. The van der Waals surface area contributed by atoms with E-state index in [2.05, 4.69) is 10.3 Å². The van der Waals surface area contributed by atoms with Gasteiger partial charge in [-0.2, -0.15) is 0 Å². The van der Waals surface area contributed by atoms with Gasteiger partial charge in [-0.1, -0.05) is 23.7 Å². The Balaban J connectivity index is 1.65. The van der Waals surface area contributed by atoms with Crippen LogP contribution in [0, 0.1) is 0 Å². The molecule has 1 saturated heterocycles. The number of nitrogens with zero attached hydrogens (tertiary/aromatic N) is 3. The van der Waals surface area contributed by atoms with Gasteiger partial charge in [-0.15, -0.1) is 0 Å². The minimum Gasteiger partial charge on any atom is -0.353 e. The van der Waals surface area contributed by atoms with E-state index >= 15 is 0 Å². The van der Waals surface area contributed by atoms with Crippen molar-refractivity contribution >= 4 is 35.3 Å². The number of piperazine rings is 1. The molecule has 124 valence electrons. The van der Waals surface area contributed by atoms with Crippen molar-refractivity contribution < 1.29 is 9.59 Å². The standard InChI is InChI=1S/C17H17ClN4O2/c18-14-3-1-2-4-15(14)20-13-5-6-16(19-11-13)17(24)22-9-7-21(12-23)8-10-22/h1-6,11-12,20H,7-10H2. The van der Waals surface area contributed by atoms with Crippen LogP contribution in [-0.2, 0) is 4.79 Å². The number of para-hydroxylation sites is 1. The minimum atomic E-state index is -0.121. The summed E-state index contributed by atoms with van der Waals surface area (Å²) in [5.74, 6) is -0.121. The van der Waals surface area contributed by atoms with Crippen molar-refractivity contribution in [2.75, 3.05) is 31.5 Å². The average molecular weight is 345 g/mol. The van der Waals surface area contributed by atoms with Gasteiger partial charge in [-0.25, -0.2) is 4.98 Å². The van der Waals surface area contributed by atoms with Crippen LogP contribution in [0.25, 0.3) is 0 Å². The van der Waals surface area contributed by atoms with E-state index in [0.717, 1.165) is 17.8 Å². The molecule has 0 atom stereocenters. The van der Waals surface area contributed by atoms with Gasteiger partial charge in [-0.3, -0.25) is 9.59 Å². The lowest BCUT2D eigenvalue weighted by Crippen LogP contribution is -2.48. The number of anilines is 2. The summed E-state index contributed by atoms with van der Waals surface area (Å²) in [5.41, 5.74) is 1.93. The van der Waals surface area contributed by atoms with Crippen molar-refractivity contribution in [3.05, 3.63) is 53.3 Å². The Kier molecular flexibility index (Phi) is 4.96. The van der Waals surface area contributed by atoms with Gasteiger partial charge in [-0.05, 0) is 24.3 Å². The number of hydrogen-bond donors (Lipinski definition) is 1. The largest absolute Gasteiger partial charge is 0.353 e. The Morgan fingerprint density at radius 1 is 1.12 bits per heavy atom. The third-order valence-electron chi connectivity index (χ3n) is 3.89. The van der Waals surface area contributed by atoms with Crippen LogP contribution in [0.1, 0.15) is 10.5 Å². The van der Waals surface area contributed by atoms with Gasteiger partial charge >= 0.3 is 0 Å². The summed E-state index contributed by atoms with van der Waals surface area (Å²) in [6.45, 7) is 2.17. The molecule has 2 aromatic rings. The van der Waals surface area contributed by atoms with Crippen LogP contribution in [0.2, 0.25) is 5.02 Å². The molecule has 7 heteroatoms. The average Bonchev–Trinajstić information content (AvgIpc) is 2.64. The highest BCUT2D eigenvalue weighted by molar-refractivity contribution is 6.33.